The number of allylic oxidation sites excluding steroid dienone is 1. The van der Waals surface area contributed by atoms with Gasteiger partial charge < -0.3 is 14.8 Å². The minimum Gasteiger partial charge on any atom is -0.497 e. The van der Waals surface area contributed by atoms with Gasteiger partial charge in [0.05, 0.1) is 36.1 Å². The Hall–Kier alpha value is -4.27. The van der Waals surface area contributed by atoms with Gasteiger partial charge in [0.25, 0.3) is 11.5 Å². The summed E-state index contributed by atoms with van der Waals surface area (Å²) in [6.07, 6.45) is 1.88. The van der Waals surface area contributed by atoms with Gasteiger partial charge in [-0.3, -0.25) is 14.2 Å². The standard InChI is InChI=1S/C39H29I2N3O4S/c1-23-34(37(45)43-28-14-4-3-5-15-28)35(26-12-9-16-29(21-26)47-2)44-38(46)33(49-39(44)42-23)20-24-18-31(40)36(32(41)19-24)48-22-27-13-8-11-25-10-6-7-17-30(25)27/h3-21,35H,22H2,1-2H3,(H,43,45)/b33-20-/t35-/m0/s1. The van der Waals surface area contributed by atoms with Crippen LogP contribution < -0.4 is 29.7 Å². The Kier molecular flexibility index (Phi) is 9.70. The van der Waals surface area contributed by atoms with Gasteiger partial charge in [-0.25, -0.2) is 4.99 Å². The molecule has 49 heavy (non-hydrogen) atoms. The molecule has 1 N–H and O–H groups in total. The number of hydrogen-bond donors (Lipinski definition) is 1. The normalized spacial score (nSPS) is 14.4. The quantitative estimate of drug-likeness (QED) is 0.158. The van der Waals surface area contributed by atoms with E-state index in [1.165, 1.54) is 22.1 Å². The van der Waals surface area contributed by atoms with Crippen molar-refractivity contribution < 1.29 is 14.3 Å². The number of para-hydroxylation sites is 1. The van der Waals surface area contributed by atoms with Crippen molar-refractivity contribution in [3.05, 3.63) is 164 Å². The number of hydrogen-bond acceptors (Lipinski definition) is 6. The Balaban J connectivity index is 1.25. The highest BCUT2D eigenvalue weighted by Gasteiger charge is 2.33. The summed E-state index contributed by atoms with van der Waals surface area (Å²) >= 11 is 5.88. The number of nitrogens with zero attached hydrogens (tertiary/aromatic N) is 2. The molecule has 0 aliphatic carbocycles. The third-order valence-electron chi connectivity index (χ3n) is 8.28. The molecule has 7 rings (SSSR count). The number of ether oxygens (including phenoxy) is 2. The van der Waals surface area contributed by atoms with Gasteiger partial charge in [-0.2, -0.15) is 0 Å². The third kappa shape index (κ3) is 6.81. The topological polar surface area (TPSA) is 81.9 Å². The van der Waals surface area contributed by atoms with Crippen molar-refractivity contribution >= 4 is 85.0 Å². The Morgan fingerprint density at radius 2 is 1.65 bits per heavy atom. The summed E-state index contributed by atoms with van der Waals surface area (Å²) in [7, 11) is 1.59. The molecule has 1 aliphatic rings. The van der Waals surface area contributed by atoms with Crippen LogP contribution >= 0.6 is 56.5 Å². The van der Waals surface area contributed by atoms with Crippen molar-refractivity contribution in [3.63, 3.8) is 0 Å². The van der Waals surface area contributed by atoms with E-state index in [9.17, 15) is 9.59 Å². The summed E-state index contributed by atoms with van der Waals surface area (Å²) in [6.45, 7) is 2.25. The fourth-order valence-electron chi connectivity index (χ4n) is 5.98. The van der Waals surface area contributed by atoms with Crippen LogP contribution in [0.2, 0.25) is 0 Å². The molecule has 6 aromatic rings. The van der Waals surface area contributed by atoms with Crippen molar-refractivity contribution in [2.24, 2.45) is 4.99 Å². The Bertz CT molecular complexity index is 2430. The predicted molar refractivity (Wildman–Crippen MR) is 212 cm³/mol. The van der Waals surface area contributed by atoms with Gasteiger partial charge in [-0.15, -0.1) is 0 Å². The average molecular weight is 890 g/mol. The molecule has 0 spiro atoms. The lowest BCUT2D eigenvalue weighted by atomic mass is 9.95. The number of nitrogens with one attached hydrogen (secondary N) is 1. The van der Waals surface area contributed by atoms with Crippen LogP contribution in [0.15, 0.2) is 130 Å². The SMILES string of the molecule is COc1cccc([C@H]2C(C(=O)Nc3ccccc3)=C(C)N=c3s/c(=C\c4cc(I)c(OCc5cccc6ccccc56)c(I)c4)c(=O)n32)c1. The lowest BCUT2D eigenvalue weighted by Crippen LogP contribution is -2.40. The van der Waals surface area contributed by atoms with Crippen LogP contribution in [0.4, 0.5) is 5.69 Å². The van der Waals surface area contributed by atoms with Crippen LogP contribution in [0, 0.1) is 7.14 Å². The number of carbonyl (C=O) groups excluding carboxylic acids is 1. The highest BCUT2D eigenvalue weighted by molar-refractivity contribution is 14.1. The molecule has 0 unspecified atom stereocenters. The maximum absolute atomic E-state index is 14.3. The second-order valence-electron chi connectivity index (χ2n) is 11.4. The number of amides is 1. The molecule has 0 bridgehead atoms. The first-order valence-corrected chi connectivity index (χ1v) is 18.4. The van der Waals surface area contributed by atoms with E-state index in [-0.39, 0.29) is 11.5 Å². The first-order chi connectivity index (χ1) is 23.8. The summed E-state index contributed by atoms with van der Waals surface area (Å²) in [5.74, 6) is 1.11. The van der Waals surface area contributed by atoms with Crippen LogP contribution in [-0.4, -0.2) is 17.6 Å². The van der Waals surface area contributed by atoms with E-state index in [1.54, 1.807) is 11.7 Å². The fourth-order valence-corrected chi connectivity index (χ4v) is 9.15. The van der Waals surface area contributed by atoms with E-state index in [4.69, 9.17) is 14.5 Å². The van der Waals surface area contributed by atoms with Gasteiger partial charge >= 0.3 is 0 Å². The molecule has 1 aromatic heterocycles. The number of thiazole rings is 1. The number of aromatic nitrogens is 1. The molecular weight excluding hydrogens is 860 g/mol. The maximum Gasteiger partial charge on any atom is 0.271 e. The molecule has 7 nitrogen and oxygen atoms in total. The van der Waals surface area contributed by atoms with E-state index < -0.39 is 6.04 Å². The van der Waals surface area contributed by atoms with Gasteiger partial charge in [0, 0.05) is 5.69 Å². The molecule has 1 aliphatic heterocycles. The van der Waals surface area contributed by atoms with Crippen LogP contribution in [-0.2, 0) is 11.4 Å². The van der Waals surface area contributed by atoms with Gasteiger partial charge in [-0.1, -0.05) is 84.1 Å². The molecule has 1 atom stereocenters. The lowest BCUT2D eigenvalue weighted by molar-refractivity contribution is -0.113. The number of rotatable bonds is 8. The van der Waals surface area contributed by atoms with Gasteiger partial charge in [0.15, 0.2) is 4.80 Å². The number of carbonyl (C=O) groups is 1. The predicted octanol–water partition coefficient (Wildman–Crippen LogP) is 7.82. The zero-order valence-corrected chi connectivity index (χ0v) is 31.6. The molecule has 10 heteroatoms. The van der Waals surface area contributed by atoms with Crippen molar-refractivity contribution in [3.8, 4) is 11.5 Å². The number of methoxy groups -OCH3 is 1. The van der Waals surface area contributed by atoms with Crippen molar-refractivity contribution in [1.82, 2.24) is 4.57 Å². The van der Waals surface area contributed by atoms with Crippen molar-refractivity contribution in [2.45, 2.75) is 19.6 Å². The maximum atomic E-state index is 14.3. The Morgan fingerprint density at radius 1 is 0.939 bits per heavy atom. The second-order valence-corrected chi connectivity index (χ2v) is 14.8. The molecule has 0 saturated heterocycles. The second kappa shape index (κ2) is 14.3. The molecule has 1 amide bonds. The Morgan fingerprint density at radius 3 is 2.43 bits per heavy atom. The summed E-state index contributed by atoms with van der Waals surface area (Å²) < 4.78 is 15.9. The van der Waals surface area contributed by atoms with Crippen molar-refractivity contribution in [1.29, 1.82) is 0 Å². The van der Waals surface area contributed by atoms with Crippen LogP contribution in [0.3, 0.4) is 0 Å². The lowest BCUT2D eigenvalue weighted by Gasteiger charge is -2.25. The van der Waals surface area contributed by atoms with Crippen LogP contribution in [0.25, 0.3) is 16.8 Å². The third-order valence-corrected chi connectivity index (χ3v) is 10.9. The molecule has 0 radical (unpaired) electrons. The minimum absolute atomic E-state index is 0.227. The van der Waals surface area contributed by atoms with Gasteiger partial charge in [-0.05, 0) is 122 Å². The van der Waals surface area contributed by atoms with E-state index in [0.29, 0.717) is 38.6 Å². The van der Waals surface area contributed by atoms with E-state index in [0.717, 1.165) is 29.6 Å². The largest absolute Gasteiger partial charge is 0.497 e. The Labute approximate surface area is 313 Å². The molecule has 0 saturated carbocycles. The first-order valence-electron chi connectivity index (χ1n) is 15.4. The smallest absolute Gasteiger partial charge is 0.271 e. The zero-order valence-electron chi connectivity index (χ0n) is 26.4. The monoisotopic (exact) mass is 889 g/mol. The average Bonchev–Trinajstić information content (AvgIpc) is 3.41. The minimum atomic E-state index is -0.706. The highest BCUT2D eigenvalue weighted by atomic mass is 127. The van der Waals surface area contributed by atoms with Crippen molar-refractivity contribution in [2.75, 3.05) is 12.4 Å². The molecule has 2 heterocycles. The fraction of sp³-hybridized carbons (Fsp3) is 0.103. The zero-order chi connectivity index (χ0) is 34.1. The van der Waals surface area contributed by atoms with Gasteiger partial charge in [0.2, 0.25) is 0 Å². The van der Waals surface area contributed by atoms with E-state index in [1.807, 2.05) is 91.9 Å². The number of fused-ring (bicyclic) bond motifs is 2. The van der Waals surface area contributed by atoms with E-state index >= 15 is 0 Å². The van der Waals surface area contributed by atoms with Crippen LogP contribution in [0.5, 0.6) is 11.5 Å². The summed E-state index contributed by atoms with van der Waals surface area (Å²) in [5, 5.41) is 5.34. The first kappa shape index (κ1) is 33.2. The highest BCUT2D eigenvalue weighted by Crippen LogP contribution is 2.33. The molecule has 244 valence electrons. The molecule has 0 fully saturated rings. The number of anilines is 1. The molecule has 5 aromatic carbocycles. The summed E-state index contributed by atoms with van der Waals surface area (Å²) in [5.41, 5.74) is 4.11. The van der Waals surface area contributed by atoms with Crippen LogP contribution in [0.1, 0.15) is 29.7 Å². The van der Waals surface area contributed by atoms with E-state index in [2.05, 4.69) is 80.8 Å². The summed E-state index contributed by atoms with van der Waals surface area (Å²) in [6, 6.07) is 34.6. The molecular formula is C39H29I2N3O4S. The number of halogens is 2. The summed E-state index contributed by atoms with van der Waals surface area (Å²) in [4.78, 5) is 33.4. The number of benzene rings is 5. The van der Waals surface area contributed by atoms with Gasteiger partial charge in [0.1, 0.15) is 18.1 Å².